The van der Waals surface area contributed by atoms with Crippen molar-refractivity contribution in [2.75, 3.05) is 5.32 Å². The van der Waals surface area contributed by atoms with Crippen LogP contribution < -0.4 is 5.32 Å². The molecule has 0 bridgehead atoms. The molecule has 2 aromatic rings. The summed E-state index contributed by atoms with van der Waals surface area (Å²) in [6.07, 6.45) is 0. The second-order valence-corrected chi connectivity index (χ2v) is 4.08. The molecule has 0 aliphatic heterocycles. The van der Waals surface area contributed by atoms with Crippen LogP contribution in [-0.2, 0) is 0 Å². The molecule has 0 spiro atoms. The van der Waals surface area contributed by atoms with Crippen LogP contribution in [0.15, 0.2) is 39.2 Å². The molecule has 0 unspecified atom stereocenters. The first-order valence-electron chi connectivity index (χ1n) is 4.61. The van der Waals surface area contributed by atoms with Crippen molar-refractivity contribution >= 4 is 33.5 Å². The smallest absolute Gasteiger partial charge is 0.371 e. The fourth-order valence-corrected chi connectivity index (χ4v) is 1.61. The number of aromatic carboxylic acids is 1. The van der Waals surface area contributed by atoms with E-state index in [0.717, 1.165) is 0 Å². The minimum absolute atomic E-state index is 0.159. The number of carbonyl (C=O) groups is 1. The molecule has 0 amide bonds. The predicted molar refractivity (Wildman–Crippen MR) is 63.1 cm³/mol. The highest BCUT2D eigenvalue weighted by molar-refractivity contribution is 9.10. The van der Waals surface area contributed by atoms with Crippen LogP contribution in [0.1, 0.15) is 10.6 Å². The maximum atomic E-state index is 13.0. The van der Waals surface area contributed by atoms with E-state index < -0.39 is 5.97 Å². The summed E-state index contributed by atoms with van der Waals surface area (Å²) in [7, 11) is 0. The zero-order chi connectivity index (χ0) is 12.4. The highest BCUT2D eigenvalue weighted by Crippen LogP contribution is 2.24. The maximum absolute atomic E-state index is 13.0. The van der Waals surface area contributed by atoms with Crippen molar-refractivity contribution in [3.63, 3.8) is 0 Å². The van der Waals surface area contributed by atoms with Gasteiger partial charge in [-0.2, -0.15) is 0 Å². The quantitative estimate of drug-likeness (QED) is 0.908. The highest BCUT2D eigenvalue weighted by atomic mass is 79.9. The van der Waals surface area contributed by atoms with E-state index in [0.29, 0.717) is 10.2 Å². The third kappa shape index (κ3) is 2.65. The molecule has 2 N–H and O–H groups in total. The molecule has 1 heterocycles. The molecule has 0 aliphatic carbocycles. The molecule has 6 heteroatoms. The first-order valence-corrected chi connectivity index (χ1v) is 5.41. The van der Waals surface area contributed by atoms with Gasteiger partial charge in [0.15, 0.2) is 5.88 Å². The van der Waals surface area contributed by atoms with E-state index in [-0.39, 0.29) is 17.5 Å². The summed E-state index contributed by atoms with van der Waals surface area (Å²) in [5, 5.41) is 11.5. The number of anilines is 2. The Morgan fingerprint density at radius 1 is 1.35 bits per heavy atom. The van der Waals surface area contributed by atoms with Gasteiger partial charge in [0.2, 0.25) is 5.76 Å². The number of furan rings is 1. The number of hydrogen-bond acceptors (Lipinski definition) is 3. The molecule has 0 fully saturated rings. The van der Waals surface area contributed by atoms with Gasteiger partial charge in [-0.15, -0.1) is 0 Å². The summed E-state index contributed by atoms with van der Waals surface area (Å²) in [4.78, 5) is 10.6. The van der Waals surface area contributed by atoms with Crippen LogP contribution >= 0.6 is 15.9 Å². The van der Waals surface area contributed by atoms with Crippen molar-refractivity contribution < 1.29 is 18.7 Å². The van der Waals surface area contributed by atoms with E-state index in [1.807, 2.05) is 0 Å². The Bertz CT molecular complexity index is 568. The van der Waals surface area contributed by atoms with Gasteiger partial charge in [0.05, 0.1) is 4.47 Å². The SMILES string of the molecule is O=C(O)c1ccc(Nc2ccc(F)c(Br)c2)o1. The molecule has 1 aromatic carbocycles. The largest absolute Gasteiger partial charge is 0.475 e. The molecule has 2 rings (SSSR count). The fraction of sp³-hybridized carbons (Fsp3) is 0. The zero-order valence-electron chi connectivity index (χ0n) is 8.41. The number of rotatable bonds is 3. The van der Waals surface area contributed by atoms with Crippen LogP contribution in [0.4, 0.5) is 16.0 Å². The van der Waals surface area contributed by atoms with Crippen molar-refractivity contribution in [2.45, 2.75) is 0 Å². The van der Waals surface area contributed by atoms with E-state index in [9.17, 15) is 9.18 Å². The summed E-state index contributed by atoms with van der Waals surface area (Å²) >= 11 is 3.05. The summed E-state index contributed by atoms with van der Waals surface area (Å²) in [5.74, 6) is -1.39. The Balaban J connectivity index is 2.19. The van der Waals surface area contributed by atoms with E-state index in [2.05, 4.69) is 21.2 Å². The van der Waals surface area contributed by atoms with Crippen molar-refractivity contribution in [1.82, 2.24) is 0 Å². The molecule has 17 heavy (non-hydrogen) atoms. The number of hydrogen-bond donors (Lipinski definition) is 2. The van der Waals surface area contributed by atoms with Crippen LogP contribution in [0.3, 0.4) is 0 Å². The maximum Gasteiger partial charge on any atom is 0.371 e. The summed E-state index contributed by atoms with van der Waals surface area (Å²) in [6, 6.07) is 7.15. The lowest BCUT2D eigenvalue weighted by molar-refractivity contribution is 0.0663. The van der Waals surface area contributed by atoms with E-state index in [1.165, 1.54) is 30.3 Å². The number of benzene rings is 1. The van der Waals surface area contributed by atoms with E-state index >= 15 is 0 Å². The number of halogens is 2. The summed E-state index contributed by atoms with van der Waals surface area (Å²) in [5.41, 5.74) is 0.588. The van der Waals surface area contributed by atoms with Crippen LogP contribution in [0.2, 0.25) is 0 Å². The molecule has 0 atom stereocenters. The molecular weight excluding hydrogens is 293 g/mol. The molecule has 0 radical (unpaired) electrons. The Hall–Kier alpha value is -1.82. The average Bonchev–Trinajstić information content (AvgIpc) is 2.72. The topological polar surface area (TPSA) is 62.5 Å². The molecule has 0 saturated carbocycles. The highest BCUT2D eigenvalue weighted by Gasteiger charge is 2.09. The lowest BCUT2D eigenvalue weighted by Gasteiger charge is -2.03. The molecule has 4 nitrogen and oxygen atoms in total. The van der Waals surface area contributed by atoms with Gasteiger partial charge in [-0.05, 0) is 40.2 Å². The third-order valence-electron chi connectivity index (χ3n) is 2.00. The molecule has 0 saturated heterocycles. The van der Waals surface area contributed by atoms with Gasteiger partial charge < -0.3 is 14.8 Å². The van der Waals surface area contributed by atoms with Crippen molar-refractivity contribution in [3.8, 4) is 0 Å². The Labute approximate surface area is 104 Å². The van der Waals surface area contributed by atoms with Gasteiger partial charge in [-0.25, -0.2) is 9.18 Å². The predicted octanol–water partition coefficient (Wildman–Crippen LogP) is 3.62. The molecular formula is C11H7BrFNO3. The van der Waals surface area contributed by atoms with Crippen molar-refractivity contribution in [2.24, 2.45) is 0 Å². The number of nitrogens with one attached hydrogen (secondary N) is 1. The molecule has 1 aromatic heterocycles. The lowest BCUT2D eigenvalue weighted by Crippen LogP contribution is -1.92. The summed E-state index contributed by atoms with van der Waals surface area (Å²) in [6.45, 7) is 0. The minimum atomic E-state index is -1.14. The third-order valence-corrected chi connectivity index (χ3v) is 2.61. The molecule has 0 aliphatic rings. The lowest BCUT2D eigenvalue weighted by atomic mass is 10.3. The van der Waals surface area contributed by atoms with Crippen LogP contribution in [0, 0.1) is 5.82 Å². The number of carboxylic acid groups (broad SMARTS) is 1. The first-order chi connectivity index (χ1) is 8.06. The molecule has 88 valence electrons. The van der Waals surface area contributed by atoms with Gasteiger partial charge in [-0.1, -0.05) is 0 Å². The van der Waals surface area contributed by atoms with Crippen molar-refractivity contribution in [3.05, 3.63) is 46.4 Å². The van der Waals surface area contributed by atoms with Gasteiger partial charge in [0.25, 0.3) is 0 Å². The monoisotopic (exact) mass is 299 g/mol. The van der Waals surface area contributed by atoms with Crippen LogP contribution in [-0.4, -0.2) is 11.1 Å². The Morgan fingerprint density at radius 3 is 2.71 bits per heavy atom. The van der Waals surface area contributed by atoms with E-state index in [1.54, 1.807) is 0 Å². The second-order valence-electron chi connectivity index (χ2n) is 3.22. The second kappa shape index (κ2) is 4.58. The Kier molecular flexibility index (Phi) is 3.14. The first kappa shape index (κ1) is 11.7. The zero-order valence-corrected chi connectivity index (χ0v) is 9.99. The minimum Gasteiger partial charge on any atom is -0.475 e. The normalized spacial score (nSPS) is 10.2. The average molecular weight is 300 g/mol. The van der Waals surface area contributed by atoms with Gasteiger partial charge >= 0.3 is 5.97 Å². The fourth-order valence-electron chi connectivity index (χ4n) is 1.24. The van der Waals surface area contributed by atoms with Crippen molar-refractivity contribution in [1.29, 1.82) is 0 Å². The van der Waals surface area contributed by atoms with Crippen LogP contribution in [0.25, 0.3) is 0 Å². The van der Waals surface area contributed by atoms with E-state index in [4.69, 9.17) is 9.52 Å². The Morgan fingerprint density at radius 2 is 2.12 bits per heavy atom. The summed E-state index contributed by atoms with van der Waals surface area (Å²) < 4.78 is 18.3. The number of carboxylic acids is 1. The van der Waals surface area contributed by atoms with Gasteiger partial charge in [0.1, 0.15) is 5.82 Å². The van der Waals surface area contributed by atoms with Gasteiger partial charge in [0, 0.05) is 11.8 Å². The van der Waals surface area contributed by atoms with Crippen LogP contribution in [0.5, 0.6) is 0 Å². The standard InChI is InChI=1S/C11H7BrFNO3/c12-7-5-6(1-2-8(7)13)14-10-4-3-9(17-10)11(15)16/h1-5,14H,(H,15,16). The van der Waals surface area contributed by atoms with Gasteiger partial charge in [-0.3, -0.25) is 0 Å².